The van der Waals surface area contributed by atoms with Crippen LogP contribution in [-0.2, 0) is 24.8 Å². The Bertz CT molecular complexity index is 1390. The van der Waals surface area contributed by atoms with Crippen molar-refractivity contribution in [2.75, 3.05) is 14.8 Å². The third-order valence-electron chi connectivity index (χ3n) is 5.11. The van der Waals surface area contributed by atoms with Crippen molar-refractivity contribution >= 4 is 37.3 Å². The Morgan fingerprint density at radius 3 is 2.03 bits per heavy atom. The fourth-order valence-electron chi connectivity index (χ4n) is 3.76. The van der Waals surface area contributed by atoms with Crippen LogP contribution in [0, 0.1) is 13.8 Å². The summed E-state index contributed by atoms with van der Waals surface area (Å²) >= 11 is 0. The first-order valence-corrected chi connectivity index (χ1v) is 13.2. The number of nitrogens with one attached hydrogen (secondary N) is 1. The average Bonchev–Trinajstić information content (AvgIpc) is 3.01. The zero-order valence-electron chi connectivity index (χ0n) is 18.0. The number of anilines is 2. The maximum Gasteiger partial charge on any atom is 0.262 e. The average molecular weight is 487 g/mol. The molecule has 3 aromatic carbocycles. The predicted molar refractivity (Wildman–Crippen MR) is 126 cm³/mol. The van der Waals surface area contributed by atoms with Gasteiger partial charge in [0.25, 0.3) is 10.0 Å². The molecule has 33 heavy (non-hydrogen) atoms. The lowest BCUT2D eigenvalue weighted by Crippen LogP contribution is -2.29. The normalized spacial score (nSPS) is 15.5. The Hall–Kier alpha value is -3.37. The standard InChI is InChI=1S/C23H22N2O6S2/c1-16-14-19(25-22(26)12-13-32(25,27)28)15-17(2)23(16)33(29,30)24-18-8-10-21(11-9-18)31-20-6-4-3-5-7-20/h3-11,14-15,24H,12-13H2,1-2H3. The maximum atomic E-state index is 13.1. The molecule has 1 heterocycles. The van der Waals surface area contributed by atoms with Crippen molar-refractivity contribution in [3.63, 3.8) is 0 Å². The number of hydrogen-bond acceptors (Lipinski definition) is 6. The lowest BCUT2D eigenvalue weighted by Gasteiger charge is -2.19. The molecule has 1 aliphatic rings. The van der Waals surface area contributed by atoms with E-state index >= 15 is 0 Å². The highest BCUT2D eigenvalue weighted by atomic mass is 32.2. The van der Waals surface area contributed by atoms with Crippen LogP contribution in [0.5, 0.6) is 11.5 Å². The molecule has 0 aromatic heterocycles. The number of hydrogen-bond donors (Lipinski definition) is 1. The monoisotopic (exact) mass is 486 g/mol. The summed E-state index contributed by atoms with van der Waals surface area (Å²) in [5, 5.41) is 0. The van der Waals surface area contributed by atoms with Crippen LogP contribution in [0.3, 0.4) is 0 Å². The molecule has 0 bridgehead atoms. The summed E-state index contributed by atoms with van der Waals surface area (Å²) in [6.45, 7) is 3.13. The number of rotatable bonds is 6. The fourth-order valence-corrected chi connectivity index (χ4v) is 6.72. The lowest BCUT2D eigenvalue weighted by molar-refractivity contribution is -0.116. The minimum atomic E-state index is -3.97. The van der Waals surface area contributed by atoms with Gasteiger partial charge in [0.15, 0.2) is 0 Å². The number of carbonyl (C=O) groups excluding carboxylic acids is 1. The number of para-hydroxylation sites is 1. The van der Waals surface area contributed by atoms with Crippen LogP contribution in [0.4, 0.5) is 11.4 Å². The second-order valence-corrected chi connectivity index (χ2v) is 11.2. The SMILES string of the molecule is Cc1cc(N2C(=O)CCS2(=O)=O)cc(C)c1S(=O)(=O)Nc1ccc(Oc2ccccc2)cc1. The highest BCUT2D eigenvalue weighted by Gasteiger charge is 2.37. The van der Waals surface area contributed by atoms with Crippen LogP contribution in [0.15, 0.2) is 71.6 Å². The Morgan fingerprint density at radius 2 is 1.48 bits per heavy atom. The molecular formula is C23H22N2O6S2. The van der Waals surface area contributed by atoms with E-state index in [1.165, 1.54) is 12.1 Å². The van der Waals surface area contributed by atoms with Crippen molar-refractivity contribution in [2.24, 2.45) is 0 Å². The maximum absolute atomic E-state index is 13.1. The molecule has 0 radical (unpaired) electrons. The molecule has 0 atom stereocenters. The smallest absolute Gasteiger partial charge is 0.262 e. The van der Waals surface area contributed by atoms with Gasteiger partial charge in [0.1, 0.15) is 11.5 Å². The van der Waals surface area contributed by atoms with E-state index in [0.717, 1.165) is 4.31 Å². The highest BCUT2D eigenvalue weighted by Crippen LogP contribution is 2.32. The molecule has 3 aromatic rings. The number of sulfonamides is 2. The van der Waals surface area contributed by atoms with Gasteiger partial charge < -0.3 is 4.74 Å². The van der Waals surface area contributed by atoms with Gasteiger partial charge in [-0.15, -0.1) is 0 Å². The van der Waals surface area contributed by atoms with Gasteiger partial charge in [-0.25, -0.2) is 21.1 Å². The van der Waals surface area contributed by atoms with Gasteiger partial charge >= 0.3 is 0 Å². The first-order valence-electron chi connectivity index (χ1n) is 10.1. The van der Waals surface area contributed by atoms with Crippen LogP contribution in [0.1, 0.15) is 17.5 Å². The number of nitrogens with zero attached hydrogens (tertiary/aromatic N) is 1. The quantitative estimate of drug-likeness (QED) is 0.565. The largest absolute Gasteiger partial charge is 0.457 e. The van der Waals surface area contributed by atoms with E-state index < -0.39 is 26.0 Å². The van der Waals surface area contributed by atoms with Crippen molar-refractivity contribution in [3.05, 3.63) is 77.9 Å². The zero-order valence-corrected chi connectivity index (χ0v) is 19.6. The predicted octanol–water partition coefficient (Wildman–Crippen LogP) is 3.96. The summed E-state index contributed by atoms with van der Waals surface area (Å²) in [5.74, 6) is 0.434. The van der Waals surface area contributed by atoms with Crippen molar-refractivity contribution in [1.82, 2.24) is 0 Å². The molecule has 172 valence electrons. The molecule has 1 N–H and O–H groups in total. The molecule has 4 rings (SSSR count). The Balaban J connectivity index is 1.58. The molecule has 8 nitrogen and oxygen atoms in total. The molecule has 0 aliphatic carbocycles. The Morgan fingerprint density at radius 1 is 0.909 bits per heavy atom. The van der Waals surface area contributed by atoms with Gasteiger partial charge in [-0.3, -0.25) is 9.52 Å². The van der Waals surface area contributed by atoms with Crippen molar-refractivity contribution in [2.45, 2.75) is 25.2 Å². The topological polar surface area (TPSA) is 110 Å². The van der Waals surface area contributed by atoms with Gasteiger partial charge in [0.05, 0.1) is 16.3 Å². The third kappa shape index (κ3) is 4.71. The molecule has 1 aliphatic heterocycles. The molecule has 0 unspecified atom stereocenters. The van der Waals surface area contributed by atoms with Crippen LogP contribution in [0.25, 0.3) is 0 Å². The van der Waals surface area contributed by atoms with Gasteiger partial charge in [-0.05, 0) is 73.5 Å². The minimum absolute atomic E-state index is 0.0277. The number of benzene rings is 3. The van der Waals surface area contributed by atoms with Gasteiger partial charge in [-0.1, -0.05) is 18.2 Å². The highest BCUT2D eigenvalue weighted by molar-refractivity contribution is 7.94. The molecule has 1 fully saturated rings. The molecular weight excluding hydrogens is 464 g/mol. The summed E-state index contributed by atoms with van der Waals surface area (Å²) in [6, 6.07) is 18.5. The van der Waals surface area contributed by atoms with Crippen molar-refractivity contribution < 1.29 is 26.4 Å². The van der Waals surface area contributed by atoms with E-state index in [1.54, 1.807) is 38.1 Å². The Labute approximate surface area is 192 Å². The van der Waals surface area contributed by atoms with E-state index in [4.69, 9.17) is 4.74 Å². The second kappa shape index (κ2) is 8.53. The summed E-state index contributed by atoms with van der Waals surface area (Å²) in [5.41, 5.74) is 1.15. The third-order valence-corrected chi connectivity index (χ3v) is 8.49. The van der Waals surface area contributed by atoms with E-state index in [9.17, 15) is 21.6 Å². The van der Waals surface area contributed by atoms with Crippen LogP contribution in [-0.4, -0.2) is 28.5 Å². The number of ether oxygens (including phenoxy) is 1. The zero-order chi connectivity index (χ0) is 23.8. The number of carbonyl (C=O) groups is 1. The van der Waals surface area contributed by atoms with E-state index in [-0.39, 0.29) is 22.8 Å². The summed E-state index contributed by atoms with van der Waals surface area (Å²) in [6.07, 6.45) is -0.0913. The minimum Gasteiger partial charge on any atom is -0.457 e. The Kier molecular flexibility index (Phi) is 5.89. The van der Waals surface area contributed by atoms with E-state index in [0.29, 0.717) is 28.3 Å². The van der Waals surface area contributed by atoms with Gasteiger partial charge in [0, 0.05) is 12.1 Å². The summed E-state index contributed by atoms with van der Waals surface area (Å²) < 4.78 is 59.7. The van der Waals surface area contributed by atoms with E-state index in [1.807, 2.05) is 30.3 Å². The summed E-state index contributed by atoms with van der Waals surface area (Å²) in [4.78, 5) is 12.1. The van der Waals surface area contributed by atoms with Gasteiger partial charge in [-0.2, -0.15) is 0 Å². The molecule has 0 saturated carbocycles. The van der Waals surface area contributed by atoms with Crippen molar-refractivity contribution in [1.29, 1.82) is 0 Å². The number of amides is 1. The van der Waals surface area contributed by atoms with Gasteiger partial charge in [0.2, 0.25) is 15.9 Å². The second-order valence-electron chi connectivity index (χ2n) is 7.68. The molecule has 0 spiro atoms. The fraction of sp³-hybridized carbons (Fsp3) is 0.174. The first kappa shape index (κ1) is 22.8. The van der Waals surface area contributed by atoms with Crippen LogP contribution < -0.4 is 13.8 Å². The van der Waals surface area contributed by atoms with E-state index in [2.05, 4.69) is 4.72 Å². The van der Waals surface area contributed by atoms with Crippen LogP contribution in [0.2, 0.25) is 0 Å². The van der Waals surface area contributed by atoms with Crippen LogP contribution >= 0.6 is 0 Å². The molecule has 10 heteroatoms. The molecule has 1 amide bonds. The first-order chi connectivity index (χ1) is 15.6. The van der Waals surface area contributed by atoms with Crippen molar-refractivity contribution in [3.8, 4) is 11.5 Å². The molecule has 1 saturated heterocycles. The number of aryl methyl sites for hydroxylation is 2. The summed E-state index contributed by atoms with van der Waals surface area (Å²) in [7, 11) is -7.71. The lowest BCUT2D eigenvalue weighted by atomic mass is 10.1.